The fourth-order valence-electron chi connectivity index (χ4n) is 9.58. The second-order valence-electron chi connectivity index (χ2n) is 15.5. The van der Waals surface area contributed by atoms with Gasteiger partial charge in [-0.3, -0.25) is 0 Å². The van der Waals surface area contributed by atoms with Crippen LogP contribution in [-0.2, 0) is 0 Å². The van der Waals surface area contributed by atoms with E-state index in [1.54, 1.807) is 0 Å². The Labute approximate surface area is 329 Å². The highest BCUT2D eigenvalue weighted by Gasteiger charge is 2.38. The van der Waals surface area contributed by atoms with Gasteiger partial charge in [0.2, 0.25) is 0 Å². The second-order valence-corrected chi connectivity index (χ2v) is 15.5. The summed E-state index contributed by atoms with van der Waals surface area (Å²) in [6, 6.07) is 61.4. The third-order valence-corrected chi connectivity index (χ3v) is 12.2. The molecule has 2 heteroatoms. The predicted octanol–water partition coefficient (Wildman–Crippen LogP) is 14.5. The summed E-state index contributed by atoms with van der Waals surface area (Å²) < 4.78 is 2.46. The molecule has 11 rings (SSSR count). The maximum atomic E-state index is 2.58. The molecule has 268 valence electrons. The number of para-hydroxylation sites is 2. The first kappa shape index (κ1) is 32.8. The van der Waals surface area contributed by atoms with E-state index in [1.807, 2.05) is 0 Å². The van der Waals surface area contributed by atoms with E-state index >= 15 is 0 Å². The lowest BCUT2D eigenvalue weighted by Gasteiger charge is -2.31. The monoisotopic (exact) mass is 718 g/mol. The maximum Gasteiger partial charge on any atom is 0.0541 e. The van der Waals surface area contributed by atoms with E-state index in [0.29, 0.717) is 12.0 Å². The van der Waals surface area contributed by atoms with Crippen LogP contribution >= 0.6 is 0 Å². The van der Waals surface area contributed by atoms with Crippen LogP contribution in [0.1, 0.15) is 42.7 Å². The number of anilines is 2. The number of hydrogen-bond acceptors (Lipinski definition) is 1. The number of aromatic nitrogens is 1. The topological polar surface area (TPSA) is 8.17 Å². The van der Waals surface area contributed by atoms with Gasteiger partial charge in [0.05, 0.1) is 11.0 Å². The Balaban J connectivity index is 1.01. The zero-order chi connectivity index (χ0) is 37.0. The van der Waals surface area contributed by atoms with Crippen molar-refractivity contribution in [3.8, 4) is 39.1 Å². The van der Waals surface area contributed by atoms with Crippen LogP contribution in [0.5, 0.6) is 0 Å². The van der Waals surface area contributed by atoms with Crippen molar-refractivity contribution in [1.29, 1.82) is 0 Å². The summed E-state index contributed by atoms with van der Waals surface area (Å²) in [7, 11) is 0. The highest BCUT2D eigenvalue weighted by Crippen LogP contribution is 2.50. The van der Waals surface area contributed by atoms with Gasteiger partial charge in [-0.05, 0) is 142 Å². The fraction of sp³-hybridized carbons (Fsp3) is 0.111. The minimum atomic E-state index is 0.405. The first-order chi connectivity index (χ1) is 27.8. The van der Waals surface area contributed by atoms with Crippen molar-refractivity contribution in [3.05, 3.63) is 205 Å². The average molecular weight is 719 g/mol. The first-order valence-electron chi connectivity index (χ1n) is 20.1. The molecule has 2 unspecified atom stereocenters. The third-order valence-electron chi connectivity index (χ3n) is 12.2. The fourth-order valence-corrected chi connectivity index (χ4v) is 9.58. The van der Waals surface area contributed by atoms with Gasteiger partial charge in [-0.15, -0.1) is 0 Å². The molecule has 2 heterocycles. The zero-order valence-electron chi connectivity index (χ0n) is 31.4. The van der Waals surface area contributed by atoms with Crippen molar-refractivity contribution >= 4 is 38.8 Å². The van der Waals surface area contributed by atoms with Crippen molar-refractivity contribution < 1.29 is 0 Å². The van der Waals surface area contributed by atoms with E-state index in [-0.39, 0.29) is 0 Å². The van der Waals surface area contributed by atoms with Crippen molar-refractivity contribution in [3.63, 3.8) is 0 Å². The van der Waals surface area contributed by atoms with Crippen molar-refractivity contribution in [1.82, 2.24) is 4.57 Å². The lowest BCUT2D eigenvalue weighted by Crippen LogP contribution is -2.30. The van der Waals surface area contributed by atoms with Gasteiger partial charge in [0.15, 0.2) is 0 Å². The SMILES string of the molecule is C1=CC(c2cc(-c3ccccc3)cc(-n3c4ccccc4c4cc(-c5cccc(-c6ccc7c(c6)C6C=CCCC6N7c6ccccc6)c5)ccc43)c2)=CCC1. The van der Waals surface area contributed by atoms with Crippen LogP contribution < -0.4 is 4.90 Å². The Morgan fingerprint density at radius 2 is 1.14 bits per heavy atom. The minimum Gasteiger partial charge on any atom is -0.337 e. The Morgan fingerprint density at radius 3 is 1.98 bits per heavy atom. The second kappa shape index (κ2) is 13.6. The lowest BCUT2D eigenvalue weighted by molar-refractivity contribution is 0.565. The Kier molecular flexibility index (Phi) is 7.95. The predicted molar refractivity (Wildman–Crippen MR) is 237 cm³/mol. The lowest BCUT2D eigenvalue weighted by atomic mass is 9.86. The molecule has 56 heavy (non-hydrogen) atoms. The molecule has 1 aliphatic heterocycles. The van der Waals surface area contributed by atoms with Crippen molar-refractivity contribution in [2.45, 2.75) is 37.6 Å². The largest absolute Gasteiger partial charge is 0.337 e. The number of benzene rings is 7. The first-order valence-corrected chi connectivity index (χ1v) is 20.1. The van der Waals surface area contributed by atoms with Gasteiger partial charge in [0.25, 0.3) is 0 Å². The van der Waals surface area contributed by atoms with Gasteiger partial charge in [-0.25, -0.2) is 0 Å². The number of nitrogens with zero attached hydrogens (tertiary/aromatic N) is 2. The summed E-state index contributed by atoms with van der Waals surface area (Å²) in [5.74, 6) is 0.405. The third kappa shape index (κ3) is 5.56. The van der Waals surface area contributed by atoms with Gasteiger partial charge in [0, 0.05) is 39.8 Å². The molecule has 2 nitrogen and oxygen atoms in total. The maximum absolute atomic E-state index is 2.58. The highest BCUT2D eigenvalue weighted by molar-refractivity contribution is 6.10. The van der Waals surface area contributed by atoms with Crippen LogP contribution in [0.2, 0.25) is 0 Å². The summed E-state index contributed by atoms with van der Waals surface area (Å²) in [6.07, 6.45) is 16.3. The summed E-state index contributed by atoms with van der Waals surface area (Å²) >= 11 is 0. The van der Waals surface area contributed by atoms with E-state index in [9.17, 15) is 0 Å². The average Bonchev–Trinajstić information content (AvgIpc) is 3.79. The van der Waals surface area contributed by atoms with Crippen molar-refractivity contribution in [2.75, 3.05) is 4.90 Å². The summed E-state index contributed by atoms with van der Waals surface area (Å²) in [5.41, 5.74) is 17.7. The molecule has 7 aromatic carbocycles. The van der Waals surface area contributed by atoms with Gasteiger partial charge < -0.3 is 9.47 Å². The van der Waals surface area contributed by atoms with E-state index in [4.69, 9.17) is 0 Å². The highest BCUT2D eigenvalue weighted by atomic mass is 15.2. The summed E-state index contributed by atoms with van der Waals surface area (Å²) in [5, 5.41) is 2.53. The van der Waals surface area contributed by atoms with E-state index in [2.05, 4.69) is 204 Å². The number of hydrogen-bond donors (Lipinski definition) is 0. The van der Waals surface area contributed by atoms with Crippen LogP contribution in [0.4, 0.5) is 11.4 Å². The molecule has 0 fully saturated rings. The molecular formula is C54H42N2. The van der Waals surface area contributed by atoms with E-state index in [1.165, 1.54) is 95.4 Å². The molecule has 0 saturated heterocycles. The summed E-state index contributed by atoms with van der Waals surface area (Å²) in [6.45, 7) is 0. The zero-order valence-corrected chi connectivity index (χ0v) is 31.4. The molecule has 0 amide bonds. The standard InChI is InChI=1S/C54H42N2/c1-4-15-37(16-5-1)43-32-44(38-17-6-2-7-18-38)34-46(33-43)56-52-26-13-11-24-48(52)50-36-42(28-30-54(50)56)40-20-14-19-39(31-40)41-27-29-53-49(35-41)47-23-10-12-25-51(47)55(53)45-21-8-3-9-22-45/h1,3-6,8-11,13-24,26-36,47,51H,2,7,12,25H2. The summed E-state index contributed by atoms with van der Waals surface area (Å²) in [4.78, 5) is 2.58. The number of allylic oxidation sites excluding steroid dienone is 5. The van der Waals surface area contributed by atoms with Crippen LogP contribution in [0.15, 0.2) is 194 Å². The molecule has 3 aliphatic rings. The van der Waals surface area contributed by atoms with Gasteiger partial charge in [-0.1, -0.05) is 127 Å². The molecule has 0 radical (unpaired) electrons. The Hall–Kier alpha value is -6.64. The molecule has 0 bridgehead atoms. The number of rotatable bonds is 6. The van der Waals surface area contributed by atoms with E-state index in [0.717, 1.165) is 19.3 Å². The van der Waals surface area contributed by atoms with Crippen LogP contribution in [-0.4, -0.2) is 10.6 Å². The molecule has 8 aromatic rings. The van der Waals surface area contributed by atoms with E-state index < -0.39 is 0 Å². The minimum absolute atomic E-state index is 0.405. The van der Waals surface area contributed by atoms with Crippen LogP contribution in [0, 0.1) is 0 Å². The van der Waals surface area contributed by atoms with Crippen LogP contribution in [0.3, 0.4) is 0 Å². The number of fused-ring (bicyclic) bond motifs is 6. The van der Waals surface area contributed by atoms with Gasteiger partial charge >= 0.3 is 0 Å². The molecule has 2 atom stereocenters. The molecular weight excluding hydrogens is 677 g/mol. The van der Waals surface area contributed by atoms with Crippen LogP contribution in [0.25, 0.3) is 66.4 Å². The Morgan fingerprint density at radius 1 is 0.446 bits per heavy atom. The van der Waals surface area contributed by atoms with Crippen molar-refractivity contribution in [2.24, 2.45) is 0 Å². The smallest absolute Gasteiger partial charge is 0.0541 e. The van der Waals surface area contributed by atoms with Gasteiger partial charge in [0.1, 0.15) is 0 Å². The molecule has 2 aliphatic carbocycles. The Bertz CT molecular complexity index is 2870. The molecule has 0 saturated carbocycles. The molecule has 0 spiro atoms. The van der Waals surface area contributed by atoms with Gasteiger partial charge in [-0.2, -0.15) is 0 Å². The quantitative estimate of drug-likeness (QED) is 0.155. The molecule has 1 aromatic heterocycles. The normalized spacial score (nSPS) is 17.3. The molecule has 0 N–H and O–H groups in total.